The van der Waals surface area contributed by atoms with Gasteiger partial charge in [0.25, 0.3) is 0 Å². The van der Waals surface area contributed by atoms with Crippen LogP contribution in [0.4, 0.5) is 103 Å². The molecule has 0 amide bonds. The van der Waals surface area contributed by atoms with Gasteiger partial charge in [-0.15, -0.1) is 0 Å². The van der Waals surface area contributed by atoms with Crippen molar-refractivity contribution in [1.29, 1.82) is 0 Å². The summed E-state index contributed by atoms with van der Waals surface area (Å²) >= 11 is 0. The van der Waals surface area contributed by atoms with Crippen molar-refractivity contribution in [3.05, 3.63) is 395 Å². The van der Waals surface area contributed by atoms with Crippen LogP contribution in [0.5, 0.6) is 0 Å². The van der Waals surface area contributed by atoms with E-state index in [0.29, 0.717) is 34.9 Å². The molecular weight excluding hydrogens is 1470 g/mol. The van der Waals surface area contributed by atoms with Crippen LogP contribution in [0.25, 0.3) is 34.2 Å². The van der Waals surface area contributed by atoms with Gasteiger partial charge in [0, 0.05) is 84.8 Å². The third-order valence-electron chi connectivity index (χ3n) is 27.1. The average molecular weight is 1560 g/mol. The minimum atomic E-state index is -0.418. The summed E-state index contributed by atoms with van der Waals surface area (Å²) in [5.74, 6) is 3.66. The third-order valence-corrected chi connectivity index (χ3v) is 27.1. The molecule has 6 aliphatic heterocycles. The van der Waals surface area contributed by atoms with Gasteiger partial charge in [-0.2, -0.15) is 0 Å². The van der Waals surface area contributed by atoms with Crippen LogP contribution < -0.4 is 29.4 Å². The minimum absolute atomic E-state index is 0.206. The Morgan fingerprint density at radius 1 is 0.175 bits per heavy atom. The predicted molar refractivity (Wildman–Crippen MR) is 490 cm³/mol. The minimum Gasteiger partial charge on any atom is -0.310 e. The third kappa shape index (κ3) is 10.6. The largest absolute Gasteiger partial charge is 0.310 e. The van der Waals surface area contributed by atoms with E-state index in [4.69, 9.17) is 29.9 Å². The van der Waals surface area contributed by atoms with E-state index in [1.54, 1.807) is 0 Å². The Morgan fingerprint density at radius 3 is 0.558 bits per heavy atom. The van der Waals surface area contributed by atoms with E-state index < -0.39 is 16.2 Å². The van der Waals surface area contributed by atoms with Crippen LogP contribution in [0.1, 0.15) is 150 Å². The Bertz CT molecular complexity index is 6150. The lowest BCUT2D eigenvalue weighted by atomic mass is 9.72. The molecule has 0 atom stereocenters. The van der Waals surface area contributed by atoms with E-state index in [9.17, 15) is 0 Å². The molecule has 0 unspecified atom stereocenters. The summed E-state index contributed by atoms with van der Waals surface area (Å²) in [5, 5.41) is 0. The number of hydrogen-bond acceptors (Lipinski definition) is 12. The van der Waals surface area contributed by atoms with E-state index >= 15 is 0 Å². The van der Waals surface area contributed by atoms with Gasteiger partial charge in [-0.1, -0.05) is 247 Å². The Hall–Kier alpha value is -14.1. The second-order valence-corrected chi connectivity index (χ2v) is 36.0. The molecule has 0 saturated carbocycles. The Balaban J connectivity index is 0.701. The summed E-state index contributed by atoms with van der Waals surface area (Å²) < 4.78 is 0. The van der Waals surface area contributed by atoms with Crippen LogP contribution in [0.3, 0.4) is 0 Å². The molecular formula is C108H90N12. The number of aromatic nitrogens is 6. The highest BCUT2D eigenvalue weighted by Crippen LogP contribution is 2.62. The highest BCUT2D eigenvalue weighted by atomic mass is 15.3. The molecule has 0 fully saturated rings. The molecule has 3 aromatic heterocycles. The number of nitrogens with zero attached hydrogens (tertiary/aromatic N) is 12. The fourth-order valence-electron chi connectivity index (χ4n) is 20.9. The van der Waals surface area contributed by atoms with E-state index in [-0.39, 0.29) is 16.2 Å². The monoisotopic (exact) mass is 1550 g/mol. The van der Waals surface area contributed by atoms with E-state index in [1.807, 2.05) is 36.8 Å². The molecule has 0 saturated heterocycles. The van der Waals surface area contributed by atoms with Gasteiger partial charge < -0.3 is 14.7 Å². The average Bonchev–Trinajstić information content (AvgIpc) is 0.716. The Kier molecular flexibility index (Phi) is 15.8. The maximum atomic E-state index is 5.72. The lowest BCUT2D eigenvalue weighted by Gasteiger charge is -2.44. The first-order chi connectivity index (χ1) is 58.1. The molecule has 22 rings (SSSR count). The van der Waals surface area contributed by atoms with Crippen LogP contribution in [0.15, 0.2) is 328 Å². The van der Waals surface area contributed by atoms with Gasteiger partial charge in [-0.3, -0.25) is 14.7 Å². The summed E-state index contributed by atoms with van der Waals surface area (Å²) in [5.41, 5.74) is 31.7. The summed E-state index contributed by atoms with van der Waals surface area (Å²) in [7, 11) is 0. The molecule has 0 N–H and O–H groups in total. The molecule has 16 aromatic rings. The zero-order valence-corrected chi connectivity index (χ0v) is 69.5. The van der Waals surface area contributed by atoms with Crippen LogP contribution in [0.2, 0.25) is 0 Å². The molecule has 12 nitrogen and oxygen atoms in total. The van der Waals surface area contributed by atoms with Crippen molar-refractivity contribution in [3.63, 3.8) is 0 Å². The van der Waals surface area contributed by atoms with E-state index in [2.05, 4.69) is 404 Å². The number of fused-ring (bicyclic) bond motifs is 12. The zero-order valence-electron chi connectivity index (χ0n) is 69.5. The Labute approximate surface area is 702 Å². The van der Waals surface area contributed by atoms with Gasteiger partial charge in [0.2, 0.25) is 0 Å². The van der Waals surface area contributed by atoms with Crippen LogP contribution in [-0.4, -0.2) is 29.9 Å². The van der Waals surface area contributed by atoms with Crippen molar-refractivity contribution in [2.75, 3.05) is 29.4 Å². The van der Waals surface area contributed by atoms with Gasteiger partial charge in [0.15, 0.2) is 17.5 Å². The van der Waals surface area contributed by atoms with Crippen molar-refractivity contribution < 1.29 is 0 Å². The topological polar surface area (TPSA) is 96.8 Å². The van der Waals surface area contributed by atoms with Crippen molar-refractivity contribution in [2.24, 2.45) is 0 Å². The molecule has 0 bridgehead atoms. The summed E-state index contributed by atoms with van der Waals surface area (Å²) in [6.45, 7) is 28.2. The highest BCUT2D eigenvalue weighted by Gasteiger charge is 2.46. The molecule has 0 spiro atoms. The maximum Gasteiger partial charge on any atom is 0.161 e. The smallest absolute Gasteiger partial charge is 0.161 e. The van der Waals surface area contributed by atoms with Gasteiger partial charge in [-0.25, -0.2) is 29.9 Å². The molecule has 582 valence electrons. The first-order valence-corrected chi connectivity index (χ1v) is 41.8. The second-order valence-electron chi connectivity index (χ2n) is 36.0. The zero-order chi connectivity index (χ0) is 81.7. The van der Waals surface area contributed by atoms with Gasteiger partial charge in [0.05, 0.1) is 68.2 Å². The molecule has 0 aliphatic carbocycles. The lowest BCUT2D eigenvalue weighted by Crippen LogP contribution is -2.32. The number of anilines is 18. The van der Waals surface area contributed by atoms with Crippen LogP contribution in [0, 0.1) is 0 Å². The fraction of sp³-hybridized carbons (Fsp3) is 0.167. The first-order valence-electron chi connectivity index (χ1n) is 41.8. The quantitative estimate of drug-likeness (QED) is 0.138. The summed E-state index contributed by atoms with van der Waals surface area (Å²) in [6.07, 6.45) is 5.67. The lowest BCUT2D eigenvalue weighted by molar-refractivity contribution is 0.628. The van der Waals surface area contributed by atoms with E-state index in [0.717, 1.165) is 67.9 Å². The fourth-order valence-corrected chi connectivity index (χ4v) is 20.9. The molecule has 12 heteroatoms. The number of rotatable bonds is 9. The van der Waals surface area contributed by atoms with Crippen molar-refractivity contribution >= 4 is 103 Å². The van der Waals surface area contributed by atoms with E-state index in [1.165, 1.54) is 101 Å². The molecule has 6 aliphatic rings. The number of para-hydroxylation sites is 9. The van der Waals surface area contributed by atoms with Gasteiger partial charge >= 0.3 is 0 Å². The molecule has 120 heavy (non-hydrogen) atoms. The van der Waals surface area contributed by atoms with Crippen molar-refractivity contribution in [1.82, 2.24) is 29.9 Å². The predicted octanol–water partition coefficient (Wildman–Crippen LogP) is 27.7. The van der Waals surface area contributed by atoms with Crippen LogP contribution in [-0.2, 0) is 32.5 Å². The normalized spacial score (nSPS) is 16.3. The molecule has 13 aromatic carbocycles. The number of benzene rings is 13. The summed E-state index contributed by atoms with van der Waals surface area (Å²) in [4.78, 5) is 47.2. The maximum absolute atomic E-state index is 5.72. The summed E-state index contributed by atoms with van der Waals surface area (Å²) in [6, 6.07) is 113. The number of hydrogen-bond donors (Lipinski definition) is 0. The molecule has 9 heterocycles. The highest BCUT2D eigenvalue weighted by molar-refractivity contribution is 5.96. The Morgan fingerprint density at radius 2 is 0.350 bits per heavy atom. The van der Waals surface area contributed by atoms with Crippen molar-refractivity contribution in [2.45, 2.75) is 116 Å². The standard InChI is InChI=1S/C108H90N12/c1-103(2)73-31-13-22-40-85(73)115(86-41-23-14-32-74(86)103)70-49-52-94-82(64-70)106(7,8)79-37-19-28-46-91(79)118(94)97-55-58-109-100(112-97)67-61-68(101-110-59-56-98(113-101)119-92-47-29-20-38-80(92)107(9,10)83-65-71(50-53-95(83)119)116-87-42-24-15-33-75(87)104(3,4)76-34-16-25-43-88(76)116)63-69(62-67)102-111-60-57-99(114-102)120-93-48-30-21-39-81(93)108(11,12)84-66-72(51-54-96(84)120)117-89-44-26-17-35-77(89)105(5,6)78-36-18-27-45-90(78)117/h13-66H,1-12H3. The molecule has 0 radical (unpaired) electrons. The van der Waals surface area contributed by atoms with Crippen LogP contribution >= 0.6 is 0 Å². The van der Waals surface area contributed by atoms with Crippen molar-refractivity contribution in [3.8, 4) is 34.2 Å². The van der Waals surface area contributed by atoms with Gasteiger partial charge in [-0.05, 0) is 212 Å². The first kappa shape index (κ1) is 72.4. The SMILES string of the molecule is CC1(C)c2ccccc2N(c2ccc3c(c2)C(C)(C)c2ccccc2N3c2ccnc(-c3cc(-c4nccc(N5c6ccccc6C(C)(C)c6cc(N7c8ccccc8C(C)(C)c8ccccc87)ccc65)n4)cc(-c4nccc(N5c6ccccc6C(C)(C)c6cc(N7c8ccccc8C(C)(C)c8ccccc87)ccc65)n4)c3)n2)c2ccccc21. The second kappa shape index (κ2) is 26.2. The van der Waals surface area contributed by atoms with Gasteiger partial charge in [0.1, 0.15) is 17.5 Å².